The Morgan fingerprint density at radius 3 is 2.92 bits per heavy atom. The zero-order chi connectivity index (χ0) is 9.03. The highest BCUT2D eigenvalue weighted by Crippen LogP contribution is 2.22. The first kappa shape index (κ1) is 9.96. The molecule has 0 aromatic rings. The van der Waals surface area contributed by atoms with Crippen LogP contribution in [0.1, 0.15) is 19.8 Å². The van der Waals surface area contributed by atoms with E-state index in [2.05, 4.69) is 10.6 Å². The zero-order valence-electron chi connectivity index (χ0n) is 8.06. The number of hydrogen-bond donors (Lipinski definition) is 3. The Balaban J connectivity index is 2.41. The second-order valence-electron chi connectivity index (χ2n) is 3.93. The predicted molar refractivity (Wildman–Crippen MR) is 50.1 cm³/mol. The van der Waals surface area contributed by atoms with Crippen LogP contribution in [0.2, 0.25) is 0 Å². The molecule has 3 N–H and O–H groups in total. The minimum absolute atomic E-state index is 0.402. The third-order valence-electron chi connectivity index (χ3n) is 2.71. The van der Waals surface area contributed by atoms with Crippen LogP contribution < -0.4 is 10.6 Å². The molecule has 0 saturated carbocycles. The molecule has 0 aromatic carbocycles. The molecule has 0 bridgehead atoms. The number of aliphatic hydroxyl groups is 1. The summed E-state index contributed by atoms with van der Waals surface area (Å²) < 4.78 is 0. The van der Waals surface area contributed by atoms with Gasteiger partial charge >= 0.3 is 0 Å². The van der Waals surface area contributed by atoms with Gasteiger partial charge in [-0.15, -0.1) is 0 Å². The highest BCUT2D eigenvalue weighted by Gasteiger charge is 2.31. The topological polar surface area (TPSA) is 44.3 Å². The predicted octanol–water partition coefficient (Wildman–Crippen LogP) is -0.0436. The van der Waals surface area contributed by atoms with E-state index < -0.39 is 5.60 Å². The number of rotatable bonds is 3. The molecule has 1 aliphatic rings. The highest BCUT2D eigenvalue weighted by molar-refractivity contribution is 4.87. The highest BCUT2D eigenvalue weighted by atomic mass is 16.3. The third-order valence-corrected chi connectivity index (χ3v) is 2.71. The minimum atomic E-state index is -0.553. The van der Waals surface area contributed by atoms with Gasteiger partial charge in [0.25, 0.3) is 0 Å². The summed E-state index contributed by atoms with van der Waals surface area (Å²) in [5.74, 6) is 0.402. The van der Waals surface area contributed by atoms with Crippen LogP contribution in [0, 0.1) is 5.92 Å². The first-order valence-electron chi connectivity index (χ1n) is 4.74. The maximum Gasteiger partial charge on any atom is 0.0783 e. The summed E-state index contributed by atoms with van der Waals surface area (Å²) >= 11 is 0. The lowest BCUT2D eigenvalue weighted by molar-refractivity contribution is -0.00801. The number of likely N-dealkylation sites (N-methyl/N-ethyl adjacent to an activating group) is 1. The molecule has 0 amide bonds. The van der Waals surface area contributed by atoms with Crippen molar-refractivity contribution < 1.29 is 5.11 Å². The van der Waals surface area contributed by atoms with Crippen LogP contribution in [0.5, 0.6) is 0 Å². The molecular formula is C9H20N2O. The van der Waals surface area contributed by atoms with Crippen molar-refractivity contribution in [2.45, 2.75) is 25.4 Å². The van der Waals surface area contributed by atoms with E-state index in [0.717, 1.165) is 19.5 Å². The lowest BCUT2D eigenvalue weighted by Crippen LogP contribution is -2.49. The second-order valence-corrected chi connectivity index (χ2v) is 3.93. The first-order chi connectivity index (χ1) is 5.67. The molecule has 3 nitrogen and oxygen atoms in total. The number of hydrogen-bond acceptors (Lipinski definition) is 3. The Hall–Kier alpha value is -0.120. The SMILES string of the molecule is CNC[C@@](C)(O)[C@H]1CCCNC1. The van der Waals surface area contributed by atoms with Crippen molar-refractivity contribution in [3.63, 3.8) is 0 Å². The van der Waals surface area contributed by atoms with E-state index in [4.69, 9.17) is 0 Å². The lowest BCUT2D eigenvalue weighted by Gasteiger charge is -2.35. The van der Waals surface area contributed by atoms with Crippen LogP contribution in [0.15, 0.2) is 0 Å². The van der Waals surface area contributed by atoms with Gasteiger partial charge in [0.05, 0.1) is 5.60 Å². The van der Waals surface area contributed by atoms with Gasteiger partial charge in [0.1, 0.15) is 0 Å². The fourth-order valence-corrected chi connectivity index (χ4v) is 1.88. The lowest BCUT2D eigenvalue weighted by atomic mass is 9.83. The molecule has 1 aliphatic heterocycles. The molecule has 3 heteroatoms. The molecule has 0 spiro atoms. The van der Waals surface area contributed by atoms with E-state index in [0.29, 0.717) is 12.5 Å². The molecule has 1 saturated heterocycles. The van der Waals surface area contributed by atoms with Gasteiger partial charge in [0.2, 0.25) is 0 Å². The van der Waals surface area contributed by atoms with E-state index >= 15 is 0 Å². The van der Waals surface area contributed by atoms with Gasteiger partial charge in [0, 0.05) is 19.0 Å². The van der Waals surface area contributed by atoms with Gasteiger partial charge in [-0.05, 0) is 33.4 Å². The van der Waals surface area contributed by atoms with E-state index in [9.17, 15) is 5.11 Å². The van der Waals surface area contributed by atoms with Crippen LogP contribution >= 0.6 is 0 Å². The maximum atomic E-state index is 10.0. The Morgan fingerprint density at radius 2 is 2.42 bits per heavy atom. The summed E-state index contributed by atoms with van der Waals surface area (Å²) in [5, 5.41) is 16.4. The minimum Gasteiger partial charge on any atom is -0.389 e. The standard InChI is InChI=1S/C9H20N2O/c1-9(12,7-10-2)8-4-3-5-11-6-8/h8,10-12H,3-7H2,1-2H3/t8-,9+/m0/s1. The Bertz CT molecular complexity index is 130. The van der Waals surface area contributed by atoms with E-state index in [1.54, 1.807) is 0 Å². The summed E-state index contributed by atoms with van der Waals surface area (Å²) in [5.41, 5.74) is -0.553. The van der Waals surface area contributed by atoms with Crippen molar-refractivity contribution in [2.24, 2.45) is 5.92 Å². The van der Waals surface area contributed by atoms with Crippen molar-refractivity contribution in [1.29, 1.82) is 0 Å². The van der Waals surface area contributed by atoms with Gasteiger partial charge in [-0.1, -0.05) is 0 Å². The largest absolute Gasteiger partial charge is 0.389 e. The average Bonchev–Trinajstić information content (AvgIpc) is 2.06. The van der Waals surface area contributed by atoms with Gasteiger partial charge in [-0.3, -0.25) is 0 Å². The smallest absolute Gasteiger partial charge is 0.0783 e. The molecule has 2 atom stereocenters. The molecule has 1 fully saturated rings. The Labute approximate surface area is 74.5 Å². The number of piperidine rings is 1. The quantitative estimate of drug-likeness (QED) is 0.559. The normalized spacial score (nSPS) is 29.8. The average molecular weight is 172 g/mol. The van der Waals surface area contributed by atoms with Gasteiger partial charge in [0.15, 0.2) is 0 Å². The fraction of sp³-hybridized carbons (Fsp3) is 1.00. The van der Waals surface area contributed by atoms with Crippen LogP contribution in [-0.2, 0) is 0 Å². The number of nitrogens with one attached hydrogen (secondary N) is 2. The van der Waals surface area contributed by atoms with Gasteiger partial charge in [-0.25, -0.2) is 0 Å². The van der Waals surface area contributed by atoms with Gasteiger partial charge < -0.3 is 15.7 Å². The molecule has 1 rings (SSSR count). The molecule has 0 radical (unpaired) electrons. The van der Waals surface area contributed by atoms with Crippen molar-refractivity contribution in [2.75, 3.05) is 26.7 Å². The van der Waals surface area contributed by atoms with Gasteiger partial charge in [-0.2, -0.15) is 0 Å². The molecular weight excluding hydrogens is 152 g/mol. The molecule has 72 valence electrons. The first-order valence-corrected chi connectivity index (χ1v) is 4.74. The molecule has 0 aliphatic carbocycles. The van der Waals surface area contributed by atoms with E-state index in [1.807, 2.05) is 14.0 Å². The second kappa shape index (κ2) is 4.21. The summed E-state index contributed by atoms with van der Waals surface area (Å²) in [6.07, 6.45) is 2.33. The van der Waals surface area contributed by atoms with Crippen LogP contribution in [0.4, 0.5) is 0 Å². The van der Waals surface area contributed by atoms with Crippen molar-refractivity contribution in [1.82, 2.24) is 10.6 Å². The monoisotopic (exact) mass is 172 g/mol. The van der Waals surface area contributed by atoms with Crippen molar-refractivity contribution >= 4 is 0 Å². The van der Waals surface area contributed by atoms with Crippen LogP contribution in [0.25, 0.3) is 0 Å². The Morgan fingerprint density at radius 1 is 1.67 bits per heavy atom. The molecule has 0 aromatic heterocycles. The summed E-state index contributed by atoms with van der Waals surface area (Å²) in [7, 11) is 1.88. The van der Waals surface area contributed by atoms with Crippen molar-refractivity contribution in [3.8, 4) is 0 Å². The summed E-state index contributed by atoms with van der Waals surface area (Å²) in [6, 6.07) is 0. The van der Waals surface area contributed by atoms with E-state index in [1.165, 1.54) is 6.42 Å². The molecule has 0 unspecified atom stereocenters. The van der Waals surface area contributed by atoms with Crippen LogP contribution in [-0.4, -0.2) is 37.4 Å². The Kier molecular flexibility index (Phi) is 3.50. The fourth-order valence-electron chi connectivity index (χ4n) is 1.88. The molecule has 12 heavy (non-hydrogen) atoms. The van der Waals surface area contributed by atoms with Crippen LogP contribution in [0.3, 0.4) is 0 Å². The van der Waals surface area contributed by atoms with E-state index in [-0.39, 0.29) is 0 Å². The summed E-state index contributed by atoms with van der Waals surface area (Å²) in [4.78, 5) is 0. The maximum absolute atomic E-state index is 10.0. The summed E-state index contributed by atoms with van der Waals surface area (Å²) in [6.45, 7) is 4.65. The third kappa shape index (κ3) is 2.44. The zero-order valence-corrected chi connectivity index (χ0v) is 8.06. The van der Waals surface area contributed by atoms with Crippen molar-refractivity contribution in [3.05, 3.63) is 0 Å². The molecule has 1 heterocycles.